The number of aryl methyl sites for hydroxylation is 1. The molecule has 32 heavy (non-hydrogen) atoms. The summed E-state index contributed by atoms with van der Waals surface area (Å²) in [4.78, 5) is 0. The molecule has 0 saturated carbocycles. The SMILES string of the molecule is Cc1cccc(C(C(C)[Si](Cl)(Cl)Cl)(C(C)[Si](Cl)(Cl)Cl)C(C)[Si](Cl)(Cl)Cl)c1C(C)[Si](Cl)(Cl)Cl. The van der Waals surface area contributed by atoms with E-state index in [0.717, 1.165) is 16.7 Å². The Hall–Kier alpha value is 3.57. The second-order valence-electron chi connectivity index (χ2n) is 8.02. The molecule has 0 aliphatic heterocycles. The molecule has 0 saturated heterocycles. The number of benzene rings is 1. The zero-order chi connectivity index (χ0) is 25.7. The molecule has 0 spiro atoms. The standard InChI is InChI=1S/C16H22Cl12Si4/c1-9-7-6-8-14(15(9)10(2)29(17,18)19)16(11(3)30(20,21)22,12(4)31(23,24)25)13(5)32(26,27)28/h6-8,10-13H,1-5H3. The van der Waals surface area contributed by atoms with Gasteiger partial charge >= 0.3 is 24.0 Å². The van der Waals surface area contributed by atoms with Gasteiger partial charge in [0.15, 0.2) is 0 Å². The van der Waals surface area contributed by atoms with Gasteiger partial charge in [0, 0.05) is 27.6 Å². The summed E-state index contributed by atoms with van der Waals surface area (Å²) in [7, 11) is 0. The highest BCUT2D eigenvalue weighted by atomic mass is 35.9. The highest BCUT2D eigenvalue weighted by molar-refractivity contribution is 7.67. The molecule has 0 aliphatic carbocycles. The lowest BCUT2D eigenvalue weighted by Gasteiger charge is -2.54. The zero-order valence-corrected chi connectivity index (χ0v) is 30.6. The van der Waals surface area contributed by atoms with E-state index in [0.29, 0.717) is 0 Å². The lowest BCUT2D eigenvalue weighted by Crippen LogP contribution is -2.53. The molecule has 0 fully saturated rings. The van der Waals surface area contributed by atoms with Crippen molar-refractivity contribution in [1.82, 2.24) is 0 Å². The summed E-state index contributed by atoms with van der Waals surface area (Å²) in [5.41, 5.74) is -0.865. The molecule has 186 valence electrons. The minimum Gasteiger partial charge on any atom is -0.126 e. The lowest BCUT2D eigenvalue weighted by atomic mass is 9.69. The van der Waals surface area contributed by atoms with Crippen LogP contribution in [0.2, 0.25) is 16.6 Å². The van der Waals surface area contributed by atoms with Crippen LogP contribution in [-0.4, -0.2) is 24.0 Å². The van der Waals surface area contributed by atoms with Crippen LogP contribution >= 0.6 is 133 Å². The third-order valence-electron chi connectivity index (χ3n) is 6.34. The molecule has 0 heterocycles. The fourth-order valence-electron chi connectivity index (χ4n) is 4.43. The van der Waals surface area contributed by atoms with E-state index in [1.165, 1.54) is 0 Å². The van der Waals surface area contributed by atoms with Crippen molar-refractivity contribution in [1.29, 1.82) is 0 Å². The third kappa shape index (κ3) is 7.36. The van der Waals surface area contributed by atoms with Crippen LogP contribution in [0.3, 0.4) is 0 Å². The summed E-state index contributed by atoms with van der Waals surface area (Å²) in [5, 5.41) is 0. The van der Waals surface area contributed by atoms with Gasteiger partial charge in [-0.3, -0.25) is 0 Å². The Morgan fingerprint density at radius 2 is 0.938 bits per heavy atom. The maximum Gasteiger partial charge on any atom is 0.348 e. The van der Waals surface area contributed by atoms with E-state index in [2.05, 4.69) is 0 Å². The molecule has 0 aliphatic rings. The largest absolute Gasteiger partial charge is 0.348 e. The van der Waals surface area contributed by atoms with E-state index in [9.17, 15) is 0 Å². The molecule has 16 heteroatoms. The molecule has 0 radical (unpaired) electrons. The van der Waals surface area contributed by atoms with E-state index >= 15 is 0 Å². The minimum absolute atomic E-state index is 0.416. The maximum absolute atomic E-state index is 6.64. The van der Waals surface area contributed by atoms with Crippen LogP contribution in [0.15, 0.2) is 18.2 Å². The first-order valence-electron chi connectivity index (χ1n) is 9.38. The smallest absolute Gasteiger partial charge is 0.126 e. The van der Waals surface area contributed by atoms with Crippen LogP contribution in [0.4, 0.5) is 0 Å². The average Bonchev–Trinajstić information content (AvgIpc) is 2.58. The predicted octanol–water partition coefficient (Wildman–Crippen LogP) is 11.7. The second-order valence-corrected chi connectivity index (χ2v) is 44.2. The van der Waals surface area contributed by atoms with Crippen molar-refractivity contribution in [3.05, 3.63) is 34.9 Å². The predicted molar refractivity (Wildman–Crippen MR) is 163 cm³/mol. The summed E-state index contributed by atoms with van der Waals surface area (Å²) >= 11 is 79.2. The summed E-state index contributed by atoms with van der Waals surface area (Å²) in [6.45, 7) is 9.27. The molecule has 0 amide bonds. The number of hydrogen-bond acceptors (Lipinski definition) is 0. The van der Waals surface area contributed by atoms with Gasteiger partial charge in [-0.2, -0.15) is 0 Å². The Morgan fingerprint density at radius 3 is 1.22 bits per heavy atom. The molecule has 4 unspecified atom stereocenters. The Morgan fingerprint density at radius 1 is 0.594 bits per heavy atom. The minimum atomic E-state index is -3.46. The summed E-state index contributed by atoms with van der Waals surface area (Å²) in [5.74, 6) is 0. The Bertz CT molecular complexity index is 746. The highest BCUT2D eigenvalue weighted by Crippen LogP contribution is 2.67. The van der Waals surface area contributed by atoms with Crippen molar-refractivity contribution in [2.75, 3.05) is 0 Å². The van der Waals surface area contributed by atoms with Crippen LogP contribution in [0.1, 0.15) is 49.9 Å². The lowest BCUT2D eigenvalue weighted by molar-refractivity contribution is 0.371. The van der Waals surface area contributed by atoms with E-state index in [4.69, 9.17) is 133 Å². The third-order valence-corrected chi connectivity index (χ3v) is 23.8. The quantitative estimate of drug-likeness (QED) is 0.174. The highest BCUT2D eigenvalue weighted by Gasteiger charge is 2.64. The van der Waals surface area contributed by atoms with Gasteiger partial charge in [-0.1, -0.05) is 45.9 Å². The van der Waals surface area contributed by atoms with E-state index in [1.54, 1.807) is 0 Å². The van der Waals surface area contributed by atoms with E-state index in [1.807, 2.05) is 52.8 Å². The van der Waals surface area contributed by atoms with Crippen molar-refractivity contribution in [2.24, 2.45) is 0 Å². The Labute approximate surface area is 251 Å². The summed E-state index contributed by atoms with van der Waals surface area (Å²) in [6.07, 6.45) is 0. The van der Waals surface area contributed by atoms with Crippen LogP contribution in [0, 0.1) is 6.92 Å². The molecule has 0 aromatic heterocycles. The Kier molecular flexibility index (Phi) is 12.3. The van der Waals surface area contributed by atoms with Gasteiger partial charge in [-0.15, -0.1) is 133 Å². The molecule has 1 aromatic rings. The molecule has 4 atom stereocenters. The van der Waals surface area contributed by atoms with Crippen LogP contribution in [0.5, 0.6) is 0 Å². The fraction of sp³-hybridized carbons (Fsp3) is 0.625. The monoisotopic (exact) mass is 746 g/mol. The van der Waals surface area contributed by atoms with Gasteiger partial charge < -0.3 is 0 Å². The molecule has 0 nitrogen and oxygen atoms in total. The van der Waals surface area contributed by atoms with Crippen LogP contribution < -0.4 is 0 Å². The van der Waals surface area contributed by atoms with E-state index < -0.39 is 51.6 Å². The summed E-state index contributed by atoms with van der Waals surface area (Å²) in [6, 6.07) is -7.91. The maximum atomic E-state index is 6.64. The molecule has 0 bridgehead atoms. The van der Waals surface area contributed by atoms with Gasteiger partial charge in [-0.05, 0) is 23.6 Å². The molecule has 0 N–H and O–H groups in total. The number of hydrogen-bond donors (Lipinski definition) is 0. The van der Waals surface area contributed by atoms with E-state index in [-0.39, 0.29) is 0 Å². The normalized spacial score (nSPS) is 19.8. The number of rotatable bonds is 9. The first kappa shape index (κ1) is 33.6. The first-order valence-corrected chi connectivity index (χ1v) is 29.8. The second kappa shape index (κ2) is 11.8. The Balaban J connectivity index is 4.34. The fourth-order valence-corrected chi connectivity index (χ4v) is 15.1. The van der Waals surface area contributed by atoms with Gasteiger partial charge in [0.25, 0.3) is 0 Å². The van der Waals surface area contributed by atoms with Gasteiger partial charge in [-0.25, -0.2) is 0 Å². The topological polar surface area (TPSA) is 0 Å². The zero-order valence-electron chi connectivity index (χ0n) is 17.6. The van der Waals surface area contributed by atoms with Crippen molar-refractivity contribution in [2.45, 2.75) is 62.2 Å². The molecular weight excluding hydrogens is 730 g/mol. The first-order chi connectivity index (χ1) is 14.0. The number of halogens is 12. The van der Waals surface area contributed by atoms with Crippen LogP contribution in [-0.2, 0) is 5.41 Å². The average molecular weight is 752 g/mol. The van der Waals surface area contributed by atoms with Crippen molar-refractivity contribution < 1.29 is 0 Å². The van der Waals surface area contributed by atoms with Crippen molar-refractivity contribution in [3.8, 4) is 0 Å². The van der Waals surface area contributed by atoms with Crippen molar-refractivity contribution in [3.63, 3.8) is 0 Å². The molecule has 1 aromatic carbocycles. The van der Waals surface area contributed by atoms with Gasteiger partial charge in [0.05, 0.1) is 0 Å². The van der Waals surface area contributed by atoms with Gasteiger partial charge in [0.2, 0.25) is 0 Å². The molecular formula is C16H22Cl12Si4. The van der Waals surface area contributed by atoms with Gasteiger partial charge in [0.1, 0.15) is 0 Å². The molecule has 1 rings (SSSR count). The van der Waals surface area contributed by atoms with Crippen LogP contribution in [0.25, 0.3) is 0 Å². The summed E-state index contributed by atoms with van der Waals surface area (Å²) < 4.78 is 0. The van der Waals surface area contributed by atoms with Crippen molar-refractivity contribution >= 4 is 157 Å².